The van der Waals surface area contributed by atoms with E-state index in [9.17, 15) is 0 Å². The molecule has 0 bridgehead atoms. The molecule has 0 aliphatic heterocycles. The lowest BCUT2D eigenvalue weighted by Gasteiger charge is -2.16. The Hall–Kier alpha value is -2.33. The van der Waals surface area contributed by atoms with Gasteiger partial charge in [0.15, 0.2) is 5.84 Å². The Balaban J connectivity index is 2.76. The van der Waals surface area contributed by atoms with Gasteiger partial charge in [0.1, 0.15) is 0 Å². The van der Waals surface area contributed by atoms with Crippen LogP contribution in [0.1, 0.15) is 11.3 Å². The summed E-state index contributed by atoms with van der Waals surface area (Å²) in [7, 11) is 1.79. The molecule has 0 spiro atoms. The van der Waals surface area contributed by atoms with Crippen molar-refractivity contribution in [2.24, 2.45) is 4.99 Å². The maximum atomic E-state index is 8.45. The van der Waals surface area contributed by atoms with E-state index in [0.717, 1.165) is 11.3 Å². The van der Waals surface area contributed by atoms with Crippen molar-refractivity contribution in [1.29, 1.82) is 5.26 Å². The molecule has 1 rings (SSSR count). The van der Waals surface area contributed by atoms with E-state index < -0.39 is 0 Å². The maximum absolute atomic E-state index is 8.45. The first kappa shape index (κ1) is 11.7. The molecule has 0 aliphatic carbocycles. The molecule has 1 aromatic rings. The molecule has 0 radical (unpaired) electrons. The van der Waals surface area contributed by atoms with Gasteiger partial charge in [0.2, 0.25) is 6.19 Å². The van der Waals surface area contributed by atoms with E-state index in [1.54, 1.807) is 24.3 Å². The second-order valence-electron chi connectivity index (χ2n) is 3.34. The van der Waals surface area contributed by atoms with Crippen LogP contribution in [-0.4, -0.2) is 22.8 Å². The zero-order valence-corrected chi connectivity index (χ0v) is 9.31. The van der Waals surface area contributed by atoms with Crippen molar-refractivity contribution in [3.8, 4) is 18.5 Å². The van der Waals surface area contributed by atoms with Crippen LogP contribution in [0.5, 0.6) is 0 Å². The molecule has 0 N–H and O–H groups in total. The van der Waals surface area contributed by atoms with Gasteiger partial charge in [0.05, 0.1) is 0 Å². The fraction of sp³-hybridized carbons (Fsp3) is 0.250. The van der Waals surface area contributed by atoms with Crippen molar-refractivity contribution in [3.63, 3.8) is 0 Å². The first-order valence-electron chi connectivity index (χ1n) is 4.73. The Bertz CT molecular complexity index is 459. The van der Waals surface area contributed by atoms with Crippen molar-refractivity contribution in [3.05, 3.63) is 29.6 Å². The Morgan fingerprint density at radius 3 is 2.88 bits per heavy atom. The number of nitrogens with zero attached hydrogens (tertiary/aromatic N) is 4. The number of terminal acetylenes is 1. The average Bonchev–Trinajstić information content (AvgIpc) is 2.29. The summed E-state index contributed by atoms with van der Waals surface area (Å²) in [4.78, 5) is 9.46. The second kappa shape index (κ2) is 5.53. The molecule has 0 aromatic carbocycles. The summed E-state index contributed by atoms with van der Waals surface area (Å²) in [6.07, 6.45) is 8.72. The van der Waals surface area contributed by atoms with Crippen molar-refractivity contribution in [1.82, 2.24) is 9.88 Å². The first-order chi connectivity index (χ1) is 7.67. The molecule has 0 amide bonds. The van der Waals surface area contributed by atoms with Crippen LogP contribution in [0.2, 0.25) is 0 Å². The van der Waals surface area contributed by atoms with Crippen LogP contribution in [0.25, 0.3) is 0 Å². The SMILES string of the molecule is C#CC(=NC#N)N(C)Cc1ccc(C)nc1. The number of hydrogen-bond acceptors (Lipinski definition) is 3. The van der Waals surface area contributed by atoms with Gasteiger partial charge in [0, 0.05) is 25.5 Å². The molecule has 0 saturated carbocycles. The van der Waals surface area contributed by atoms with Gasteiger partial charge in [0.25, 0.3) is 0 Å². The van der Waals surface area contributed by atoms with Crippen LogP contribution in [0.15, 0.2) is 23.3 Å². The van der Waals surface area contributed by atoms with Gasteiger partial charge in [-0.05, 0) is 24.5 Å². The Kier molecular flexibility index (Phi) is 4.06. The maximum Gasteiger partial charge on any atom is 0.208 e. The van der Waals surface area contributed by atoms with E-state index >= 15 is 0 Å². The fourth-order valence-electron chi connectivity index (χ4n) is 1.22. The van der Waals surface area contributed by atoms with E-state index in [4.69, 9.17) is 11.7 Å². The Morgan fingerprint density at radius 1 is 1.62 bits per heavy atom. The van der Waals surface area contributed by atoms with Crippen LogP contribution in [-0.2, 0) is 6.54 Å². The molecule has 4 nitrogen and oxygen atoms in total. The summed E-state index contributed by atoms with van der Waals surface area (Å²) in [6.45, 7) is 2.51. The largest absolute Gasteiger partial charge is 0.348 e. The molecule has 1 heterocycles. The smallest absolute Gasteiger partial charge is 0.208 e. The lowest BCUT2D eigenvalue weighted by atomic mass is 10.2. The predicted octanol–water partition coefficient (Wildman–Crippen LogP) is 1.33. The molecule has 0 unspecified atom stereocenters. The highest BCUT2D eigenvalue weighted by atomic mass is 15.2. The summed E-state index contributed by atoms with van der Waals surface area (Å²) in [5, 5.41) is 8.45. The van der Waals surface area contributed by atoms with Crippen molar-refractivity contribution < 1.29 is 0 Å². The first-order valence-corrected chi connectivity index (χ1v) is 4.73. The van der Waals surface area contributed by atoms with Gasteiger partial charge in [-0.3, -0.25) is 4.98 Å². The van der Waals surface area contributed by atoms with Gasteiger partial charge in [-0.15, -0.1) is 11.4 Å². The average molecular weight is 212 g/mol. The highest BCUT2D eigenvalue weighted by molar-refractivity contribution is 5.98. The Morgan fingerprint density at radius 2 is 2.38 bits per heavy atom. The van der Waals surface area contributed by atoms with Gasteiger partial charge in [-0.1, -0.05) is 6.07 Å². The van der Waals surface area contributed by atoms with Crippen LogP contribution >= 0.6 is 0 Å². The summed E-state index contributed by atoms with van der Waals surface area (Å²) in [5.41, 5.74) is 1.99. The van der Waals surface area contributed by atoms with E-state index in [1.165, 1.54) is 0 Å². The lowest BCUT2D eigenvalue weighted by Crippen LogP contribution is -2.24. The monoisotopic (exact) mass is 212 g/mol. The topological polar surface area (TPSA) is 52.3 Å². The molecule has 4 heteroatoms. The third-order valence-electron chi connectivity index (χ3n) is 2.04. The normalized spacial score (nSPS) is 10.4. The summed E-state index contributed by atoms with van der Waals surface area (Å²) in [5.74, 6) is 2.69. The Labute approximate surface area is 95.3 Å². The molecular weight excluding hydrogens is 200 g/mol. The minimum atomic E-state index is 0.322. The van der Waals surface area contributed by atoms with E-state index in [0.29, 0.717) is 12.4 Å². The molecule has 0 aliphatic rings. The quantitative estimate of drug-likeness (QED) is 0.321. The van der Waals surface area contributed by atoms with Gasteiger partial charge in [-0.25, -0.2) is 0 Å². The molecular formula is C12H12N4. The van der Waals surface area contributed by atoms with Crippen molar-refractivity contribution in [2.45, 2.75) is 13.5 Å². The third-order valence-corrected chi connectivity index (χ3v) is 2.04. The minimum absolute atomic E-state index is 0.322. The van der Waals surface area contributed by atoms with Gasteiger partial charge < -0.3 is 4.90 Å². The highest BCUT2D eigenvalue weighted by Crippen LogP contribution is 2.03. The third kappa shape index (κ3) is 3.11. The minimum Gasteiger partial charge on any atom is -0.348 e. The van der Waals surface area contributed by atoms with Gasteiger partial charge >= 0.3 is 0 Å². The van der Waals surface area contributed by atoms with E-state index in [-0.39, 0.29) is 0 Å². The zero-order chi connectivity index (χ0) is 12.0. The summed E-state index contributed by atoms with van der Waals surface area (Å²) in [6, 6.07) is 3.90. The zero-order valence-electron chi connectivity index (χ0n) is 9.31. The highest BCUT2D eigenvalue weighted by Gasteiger charge is 2.04. The number of aryl methyl sites for hydroxylation is 1. The fourth-order valence-corrected chi connectivity index (χ4v) is 1.22. The number of pyridine rings is 1. The number of aliphatic imine (C=N–C) groups is 1. The number of amidine groups is 1. The standard InChI is InChI=1S/C12H12N4/c1-4-12(15-9-13)16(3)8-11-6-5-10(2)14-7-11/h1,5-7H,8H2,2-3H3. The van der Waals surface area contributed by atoms with E-state index in [1.807, 2.05) is 19.1 Å². The van der Waals surface area contributed by atoms with Crippen molar-refractivity contribution in [2.75, 3.05) is 7.05 Å². The molecule has 0 saturated heterocycles. The molecule has 0 atom stereocenters. The number of aromatic nitrogens is 1. The summed E-state index contributed by atoms with van der Waals surface area (Å²) < 4.78 is 0. The number of rotatable bonds is 2. The van der Waals surface area contributed by atoms with Crippen LogP contribution in [0.4, 0.5) is 0 Å². The van der Waals surface area contributed by atoms with Crippen LogP contribution in [0.3, 0.4) is 0 Å². The molecule has 0 fully saturated rings. The number of hydrogen-bond donors (Lipinski definition) is 0. The van der Waals surface area contributed by atoms with Gasteiger partial charge in [-0.2, -0.15) is 5.26 Å². The molecule has 80 valence electrons. The number of nitriles is 1. The summed E-state index contributed by atoms with van der Waals surface area (Å²) >= 11 is 0. The van der Waals surface area contributed by atoms with Crippen LogP contribution < -0.4 is 0 Å². The van der Waals surface area contributed by atoms with E-state index in [2.05, 4.69) is 15.9 Å². The molecule has 16 heavy (non-hydrogen) atoms. The predicted molar refractivity (Wildman–Crippen MR) is 62.3 cm³/mol. The second-order valence-corrected chi connectivity index (χ2v) is 3.34. The molecule has 1 aromatic heterocycles. The lowest BCUT2D eigenvalue weighted by molar-refractivity contribution is 0.504. The van der Waals surface area contributed by atoms with Crippen LogP contribution in [0, 0.1) is 30.7 Å². The van der Waals surface area contributed by atoms with Crippen molar-refractivity contribution >= 4 is 5.84 Å².